The summed E-state index contributed by atoms with van der Waals surface area (Å²) in [5.41, 5.74) is -0.814. The Balaban J connectivity index is 1.61. The van der Waals surface area contributed by atoms with Gasteiger partial charge < -0.3 is 30.1 Å². The van der Waals surface area contributed by atoms with Gasteiger partial charge in [0.05, 0.1) is 23.4 Å². The summed E-state index contributed by atoms with van der Waals surface area (Å²) in [7, 11) is 0. The Hall–Kier alpha value is -3.76. The lowest BCUT2D eigenvalue weighted by Crippen LogP contribution is -2.53. The first-order valence-corrected chi connectivity index (χ1v) is 15.5. The zero-order chi connectivity index (χ0) is 33.6. The van der Waals surface area contributed by atoms with Crippen molar-refractivity contribution in [3.8, 4) is 11.5 Å². The Bertz CT molecular complexity index is 1360. The average molecular weight is 624 g/mol. The molecule has 2 amide bonds. The van der Waals surface area contributed by atoms with Crippen molar-refractivity contribution < 1.29 is 33.8 Å². The number of benzene rings is 2. The quantitative estimate of drug-likeness (QED) is 0.249. The number of nitrogens with zero attached hydrogens (tertiary/aromatic N) is 1. The first-order valence-electron chi connectivity index (χ1n) is 15.5. The van der Waals surface area contributed by atoms with Crippen molar-refractivity contribution in [3.05, 3.63) is 59.7 Å². The van der Waals surface area contributed by atoms with Gasteiger partial charge in [-0.15, -0.1) is 0 Å². The van der Waals surface area contributed by atoms with Crippen LogP contribution in [0.2, 0.25) is 0 Å². The molecule has 1 heterocycles. The SMILES string of the molecule is CC(C)(CNC(=O)[C@@H]1CCCN1C(=O)Cc1ccccc1)NCC(O)c1ccc(OC(=O)C(C)(C)C)c(OC(=O)C(C)(C)C)c1. The van der Waals surface area contributed by atoms with Gasteiger partial charge in [-0.2, -0.15) is 0 Å². The van der Waals surface area contributed by atoms with Crippen LogP contribution in [-0.4, -0.2) is 65.0 Å². The number of carbonyl (C=O) groups is 4. The Labute approximate surface area is 266 Å². The molecule has 1 aliphatic heterocycles. The third-order valence-electron chi connectivity index (χ3n) is 7.54. The number of carbonyl (C=O) groups excluding carboxylic acids is 4. The van der Waals surface area contributed by atoms with Crippen LogP contribution in [0.15, 0.2) is 48.5 Å². The molecule has 2 aromatic rings. The lowest BCUT2D eigenvalue weighted by Gasteiger charge is -2.30. The van der Waals surface area contributed by atoms with Crippen LogP contribution < -0.4 is 20.1 Å². The van der Waals surface area contributed by atoms with Gasteiger partial charge in [0.1, 0.15) is 6.04 Å². The van der Waals surface area contributed by atoms with E-state index >= 15 is 0 Å². The third-order valence-corrected chi connectivity index (χ3v) is 7.54. The lowest BCUT2D eigenvalue weighted by atomic mass is 9.97. The highest BCUT2D eigenvalue weighted by atomic mass is 16.6. The van der Waals surface area contributed by atoms with E-state index in [0.717, 1.165) is 12.0 Å². The number of hydrogen-bond acceptors (Lipinski definition) is 8. The number of aliphatic hydroxyl groups is 1. The average Bonchev–Trinajstić information content (AvgIpc) is 3.45. The van der Waals surface area contributed by atoms with Crippen LogP contribution in [0, 0.1) is 10.8 Å². The van der Waals surface area contributed by atoms with Gasteiger partial charge in [0.25, 0.3) is 0 Å². The molecule has 2 atom stereocenters. The molecule has 246 valence electrons. The van der Waals surface area contributed by atoms with Crippen molar-refractivity contribution in [2.24, 2.45) is 10.8 Å². The van der Waals surface area contributed by atoms with Gasteiger partial charge in [-0.25, -0.2) is 0 Å². The summed E-state index contributed by atoms with van der Waals surface area (Å²) in [4.78, 5) is 53.0. The fraction of sp³-hybridized carbons (Fsp3) is 0.543. The second-order valence-electron chi connectivity index (χ2n) is 14.4. The zero-order valence-corrected chi connectivity index (χ0v) is 27.9. The number of β-amino-alcohol motifs (C(OH)–C–C–N with tert-alkyl or cyclic N) is 1. The molecular formula is C35H49N3O7. The maximum atomic E-state index is 13.1. The van der Waals surface area contributed by atoms with Crippen LogP contribution in [0.1, 0.15) is 85.5 Å². The molecule has 0 aromatic heterocycles. The van der Waals surface area contributed by atoms with Gasteiger partial charge in [0.15, 0.2) is 11.5 Å². The molecule has 3 rings (SSSR count). The van der Waals surface area contributed by atoms with Crippen molar-refractivity contribution in [2.45, 2.75) is 92.3 Å². The summed E-state index contributed by atoms with van der Waals surface area (Å²) >= 11 is 0. The maximum Gasteiger partial charge on any atom is 0.316 e. The van der Waals surface area contributed by atoms with Crippen molar-refractivity contribution in [3.63, 3.8) is 0 Å². The molecule has 0 spiro atoms. The van der Waals surface area contributed by atoms with E-state index in [1.165, 1.54) is 12.1 Å². The molecule has 1 fully saturated rings. The Kier molecular flexibility index (Phi) is 11.6. The molecule has 1 unspecified atom stereocenters. The van der Waals surface area contributed by atoms with Gasteiger partial charge in [-0.3, -0.25) is 19.2 Å². The maximum absolute atomic E-state index is 13.1. The predicted molar refractivity (Wildman–Crippen MR) is 172 cm³/mol. The van der Waals surface area contributed by atoms with Crippen LogP contribution >= 0.6 is 0 Å². The van der Waals surface area contributed by atoms with Gasteiger partial charge in [0, 0.05) is 25.2 Å². The van der Waals surface area contributed by atoms with Gasteiger partial charge >= 0.3 is 11.9 Å². The van der Waals surface area contributed by atoms with E-state index in [9.17, 15) is 24.3 Å². The number of amides is 2. The molecule has 45 heavy (non-hydrogen) atoms. The van der Waals surface area contributed by atoms with E-state index in [-0.39, 0.29) is 42.8 Å². The lowest BCUT2D eigenvalue weighted by molar-refractivity contribution is -0.145. The van der Waals surface area contributed by atoms with E-state index in [1.807, 2.05) is 44.2 Å². The minimum absolute atomic E-state index is 0.0403. The highest BCUT2D eigenvalue weighted by Crippen LogP contribution is 2.34. The van der Waals surface area contributed by atoms with Gasteiger partial charge in [-0.1, -0.05) is 36.4 Å². The fourth-order valence-corrected chi connectivity index (χ4v) is 4.59. The van der Waals surface area contributed by atoms with Crippen molar-refractivity contribution in [2.75, 3.05) is 19.6 Å². The molecule has 0 saturated carbocycles. The Morgan fingerprint density at radius 3 is 2.09 bits per heavy atom. The van der Waals surface area contributed by atoms with Crippen LogP contribution in [0.3, 0.4) is 0 Å². The number of aliphatic hydroxyl groups excluding tert-OH is 1. The summed E-state index contributed by atoms with van der Waals surface area (Å²) in [6.07, 6.45) is 0.642. The molecule has 10 nitrogen and oxygen atoms in total. The predicted octanol–water partition coefficient (Wildman–Crippen LogP) is 4.34. The number of hydrogen-bond donors (Lipinski definition) is 3. The molecule has 1 saturated heterocycles. The van der Waals surface area contributed by atoms with E-state index in [2.05, 4.69) is 10.6 Å². The number of nitrogens with one attached hydrogen (secondary N) is 2. The highest BCUT2D eigenvalue weighted by molar-refractivity contribution is 5.89. The number of esters is 2. The molecule has 1 aliphatic rings. The summed E-state index contributed by atoms with van der Waals surface area (Å²) in [6.45, 7) is 15.1. The van der Waals surface area contributed by atoms with Crippen molar-refractivity contribution in [1.82, 2.24) is 15.5 Å². The van der Waals surface area contributed by atoms with Gasteiger partial charge in [-0.05, 0) is 91.5 Å². The van der Waals surface area contributed by atoms with Crippen LogP contribution in [0.5, 0.6) is 11.5 Å². The molecule has 0 radical (unpaired) electrons. The zero-order valence-electron chi connectivity index (χ0n) is 27.9. The van der Waals surface area contributed by atoms with E-state index in [4.69, 9.17) is 9.47 Å². The van der Waals surface area contributed by atoms with Gasteiger partial charge in [0.2, 0.25) is 11.8 Å². The summed E-state index contributed by atoms with van der Waals surface area (Å²) in [6, 6.07) is 13.6. The second kappa shape index (κ2) is 14.6. The topological polar surface area (TPSA) is 134 Å². The molecule has 10 heteroatoms. The Morgan fingerprint density at radius 2 is 1.49 bits per heavy atom. The first kappa shape index (κ1) is 35.7. The van der Waals surface area contributed by atoms with Crippen LogP contribution in [0.25, 0.3) is 0 Å². The third kappa shape index (κ3) is 10.4. The minimum Gasteiger partial charge on any atom is -0.422 e. The normalized spacial score (nSPS) is 16.2. The van der Waals surface area contributed by atoms with Crippen molar-refractivity contribution >= 4 is 23.8 Å². The summed E-state index contributed by atoms with van der Waals surface area (Å²) in [5.74, 6) is -1.14. The smallest absolute Gasteiger partial charge is 0.316 e. The molecule has 2 aromatic carbocycles. The highest BCUT2D eigenvalue weighted by Gasteiger charge is 2.35. The molecular weight excluding hydrogens is 574 g/mol. The van der Waals surface area contributed by atoms with Crippen LogP contribution in [-0.2, 0) is 25.6 Å². The number of ether oxygens (including phenoxy) is 2. The van der Waals surface area contributed by atoms with E-state index in [1.54, 1.807) is 52.5 Å². The number of likely N-dealkylation sites (tertiary alicyclic amines) is 1. The van der Waals surface area contributed by atoms with Crippen LogP contribution in [0.4, 0.5) is 0 Å². The second-order valence-corrected chi connectivity index (χ2v) is 14.4. The first-order chi connectivity index (χ1) is 20.9. The van der Waals surface area contributed by atoms with E-state index < -0.39 is 40.5 Å². The molecule has 3 N–H and O–H groups in total. The largest absolute Gasteiger partial charge is 0.422 e. The van der Waals surface area contributed by atoms with E-state index in [0.29, 0.717) is 18.5 Å². The monoisotopic (exact) mass is 623 g/mol. The summed E-state index contributed by atoms with van der Waals surface area (Å²) < 4.78 is 11.2. The fourth-order valence-electron chi connectivity index (χ4n) is 4.59. The standard InChI is InChI=1S/C35H49N3O7/c1-33(2,3)31(42)44-27-17-16-24(20-28(27)45-32(43)34(4,5)6)26(39)21-37-35(7,8)22-36-30(41)25-15-12-18-38(25)29(40)19-23-13-10-9-11-14-23/h9-11,13-14,16-17,20,25-26,37,39H,12,15,18-19,21-22H2,1-8H3,(H,36,41)/t25-,26?/m0/s1. The summed E-state index contributed by atoms with van der Waals surface area (Å²) in [5, 5.41) is 17.3. The minimum atomic E-state index is -1.000. The Morgan fingerprint density at radius 1 is 0.889 bits per heavy atom. The molecule has 0 aliphatic carbocycles. The van der Waals surface area contributed by atoms with Crippen molar-refractivity contribution in [1.29, 1.82) is 0 Å². The number of rotatable bonds is 11. The molecule has 0 bridgehead atoms.